The van der Waals surface area contributed by atoms with Crippen LogP contribution in [-0.4, -0.2) is 17.2 Å². The van der Waals surface area contributed by atoms with E-state index in [0.29, 0.717) is 0 Å². The third-order valence-electron chi connectivity index (χ3n) is 1.68. The third-order valence-corrected chi connectivity index (χ3v) is 1.98. The number of rotatable bonds is 4. The minimum absolute atomic E-state index is 0.131. The van der Waals surface area contributed by atoms with Gasteiger partial charge >= 0.3 is 5.97 Å². The molecule has 0 bridgehead atoms. The molecule has 82 valence electrons. The highest BCUT2D eigenvalue weighted by Gasteiger charge is 2.11. The van der Waals surface area contributed by atoms with Crippen molar-refractivity contribution >= 4 is 17.6 Å². The van der Waals surface area contributed by atoms with Crippen molar-refractivity contribution < 1.29 is 19.0 Å². The SMILES string of the molecule is C[C@H](CC(=O)O)Oc1ccc(F)cc1Cl. The van der Waals surface area contributed by atoms with E-state index in [1.165, 1.54) is 12.1 Å². The van der Waals surface area contributed by atoms with Gasteiger partial charge < -0.3 is 9.84 Å². The van der Waals surface area contributed by atoms with Crippen LogP contribution in [0.1, 0.15) is 13.3 Å². The fraction of sp³-hybridized carbons (Fsp3) is 0.300. The summed E-state index contributed by atoms with van der Waals surface area (Å²) >= 11 is 5.70. The molecule has 0 fully saturated rings. The first-order chi connectivity index (χ1) is 6.99. The lowest BCUT2D eigenvalue weighted by molar-refractivity contribution is -0.138. The third kappa shape index (κ3) is 3.75. The predicted octanol–water partition coefficient (Wildman–Crippen LogP) is 2.72. The van der Waals surface area contributed by atoms with Gasteiger partial charge in [0, 0.05) is 0 Å². The Balaban J connectivity index is 2.68. The molecule has 1 atom stereocenters. The van der Waals surface area contributed by atoms with Gasteiger partial charge in [0.25, 0.3) is 0 Å². The molecule has 5 heteroatoms. The number of carboxylic acids is 1. The summed E-state index contributed by atoms with van der Waals surface area (Å²) in [7, 11) is 0. The Kier molecular flexibility index (Phi) is 3.91. The van der Waals surface area contributed by atoms with Crippen LogP contribution in [0, 0.1) is 5.82 Å². The highest BCUT2D eigenvalue weighted by molar-refractivity contribution is 6.32. The maximum absolute atomic E-state index is 12.7. The van der Waals surface area contributed by atoms with Crippen LogP contribution in [0.3, 0.4) is 0 Å². The molecule has 0 saturated carbocycles. The van der Waals surface area contributed by atoms with Gasteiger partial charge in [0.05, 0.1) is 11.4 Å². The van der Waals surface area contributed by atoms with Gasteiger partial charge in [0.1, 0.15) is 17.7 Å². The average Bonchev–Trinajstić information content (AvgIpc) is 2.08. The van der Waals surface area contributed by atoms with E-state index in [4.69, 9.17) is 21.4 Å². The van der Waals surface area contributed by atoms with E-state index in [-0.39, 0.29) is 17.2 Å². The van der Waals surface area contributed by atoms with Gasteiger partial charge in [0.2, 0.25) is 0 Å². The molecule has 1 N–H and O–H groups in total. The van der Waals surface area contributed by atoms with E-state index in [0.717, 1.165) is 6.07 Å². The molecule has 15 heavy (non-hydrogen) atoms. The second kappa shape index (κ2) is 4.98. The van der Waals surface area contributed by atoms with Gasteiger partial charge in [-0.05, 0) is 25.1 Å². The van der Waals surface area contributed by atoms with Crippen molar-refractivity contribution in [3.8, 4) is 5.75 Å². The maximum atomic E-state index is 12.7. The Bertz CT molecular complexity index is 368. The molecule has 3 nitrogen and oxygen atoms in total. The van der Waals surface area contributed by atoms with Crippen LogP contribution in [0.2, 0.25) is 5.02 Å². The summed E-state index contributed by atoms with van der Waals surface area (Å²) in [6.07, 6.45) is -0.640. The Morgan fingerprint density at radius 1 is 1.67 bits per heavy atom. The largest absolute Gasteiger partial charge is 0.489 e. The molecule has 1 aromatic carbocycles. The maximum Gasteiger partial charge on any atom is 0.307 e. The van der Waals surface area contributed by atoms with E-state index in [1.54, 1.807) is 6.92 Å². The fourth-order valence-corrected chi connectivity index (χ4v) is 1.29. The highest BCUT2D eigenvalue weighted by Crippen LogP contribution is 2.26. The van der Waals surface area contributed by atoms with Crippen molar-refractivity contribution in [1.29, 1.82) is 0 Å². The van der Waals surface area contributed by atoms with Crippen molar-refractivity contribution in [3.63, 3.8) is 0 Å². The van der Waals surface area contributed by atoms with Crippen LogP contribution in [0.4, 0.5) is 4.39 Å². The summed E-state index contributed by atoms with van der Waals surface area (Å²) in [6, 6.07) is 3.69. The van der Waals surface area contributed by atoms with E-state index < -0.39 is 17.9 Å². The molecule has 0 aliphatic rings. The standard InChI is InChI=1S/C10H10ClFO3/c1-6(4-10(13)14)15-9-3-2-7(12)5-8(9)11/h2-3,5-6H,4H2,1H3,(H,13,14)/t6-/m1/s1. The predicted molar refractivity (Wildman–Crippen MR) is 53.8 cm³/mol. The summed E-state index contributed by atoms with van der Waals surface area (Å²) in [5.41, 5.74) is 0. The number of hydrogen-bond acceptors (Lipinski definition) is 2. The average molecular weight is 233 g/mol. The summed E-state index contributed by atoms with van der Waals surface area (Å²) in [5, 5.41) is 8.63. The lowest BCUT2D eigenvalue weighted by Gasteiger charge is -2.13. The van der Waals surface area contributed by atoms with Gasteiger partial charge in [-0.1, -0.05) is 11.6 Å². The topological polar surface area (TPSA) is 46.5 Å². The molecule has 0 radical (unpaired) electrons. The molecule has 0 unspecified atom stereocenters. The second-order valence-corrected chi connectivity index (χ2v) is 3.51. The van der Waals surface area contributed by atoms with Crippen molar-refractivity contribution in [1.82, 2.24) is 0 Å². The van der Waals surface area contributed by atoms with Crippen molar-refractivity contribution in [2.75, 3.05) is 0 Å². The lowest BCUT2D eigenvalue weighted by Crippen LogP contribution is -2.16. The number of carboxylic acid groups (broad SMARTS) is 1. The van der Waals surface area contributed by atoms with Crippen LogP contribution in [0.5, 0.6) is 5.75 Å². The molecule has 1 aromatic rings. The van der Waals surface area contributed by atoms with E-state index in [9.17, 15) is 9.18 Å². The van der Waals surface area contributed by atoms with E-state index in [2.05, 4.69) is 0 Å². The van der Waals surface area contributed by atoms with Gasteiger partial charge in [-0.25, -0.2) is 4.39 Å². The number of benzene rings is 1. The normalized spacial score (nSPS) is 12.2. The van der Waals surface area contributed by atoms with Crippen LogP contribution in [-0.2, 0) is 4.79 Å². The van der Waals surface area contributed by atoms with Gasteiger partial charge in [0.15, 0.2) is 0 Å². The number of ether oxygens (including phenoxy) is 1. The molecule has 0 saturated heterocycles. The van der Waals surface area contributed by atoms with Crippen LogP contribution < -0.4 is 4.74 Å². The number of aliphatic carboxylic acids is 1. The van der Waals surface area contributed by atoms with Crippen LogP contribution in [0.25, 0.3) is 0 Å². The fourth-order valence-electron chi connectivity index (χ4n) is 1.08. The summed E-state index contributed by atoms with van der Waals surface area (Å²) in [6.45, 7) is 1.60. The minimum atomic E-state index is -0.958. The lowest BCUT2D eigenvalue weighted by atomic mass is 10.3. The van der Waals surface area contributed by atoms with Gasteiger partial charge in [-0.15, -0.1) is 0 Å². The first-order valence-corrected chi connectivity index (χ1v) is 4.70. The molecule has 0 spiro atoms. The van der Waals surface area contributed by atoms with Crippen molar-refractivity contribution in [2.24, 2.45) is 0 Å². The Labute approximate surface area is 91.4 Å². The van der Waals surface area contributed by atoms with E-state index in [1.807, 2.05) is 0 Å². The smallest absolute Gasteiger partial charge is 0.307 e. The van der Waals surface area contributed by atoms with Crippen molar-refractivity contribution in [2.45, 2.75) is 19.4 Å². The Morgan fingerprint density at radius 3 is 2.87 bits per heavy atom. The number of halogens is 2. The van der Waals surface area contributed by atoms with Crippen LogP contribution in [0.15, 0.2) is 18.2 Å². The van der Waals surface area contributed by atoms with Crippen LogP contribution >= 0.6 is 11.6 Å². The molecule has 0 heterocycles. The van der Waals surface area contributed by atoms with Crippen molar-refractivity contribution in [3.05, 3.63) is 29.0 Å². The summed E-state index contributed by atoms with van der Waals surface area (Å²) in [4.78, 5) is 10.4. The summed E-state index contributed by atoms with van der Waals surface area (Å²) in [5.74, 6) is -1.13. The zero-order valence-corrected chi connectivity index (χ0v) is 8.79. The number of carbonyl (C=O) groups is 1. The molecular formula is C10H10ClFO3. The highest BCUT2D eigenvalue weighted by atomic mass is 35.5. The molecule has 1 rings (SSSR count). The Morgan fingerprint density at radius 2 is 2.33 bits per heavy atom. The Hall–Kier alpha value is -1.29. The monoisotopic (exact) mass is 232 g/mol. The molecular weight excluding hydrogens is 223 g/mol. The molecule has 0 aromatic heterocycles. The zero-order chi connectivity index (χ0) is 11.4. The molecule has 0 amide bonds. The molecule has 0 aliphatic heterocycles. The summed E-state index contributed by atoms with van der Waals surface area (Å²) < 4.78 is 17.9. The molecule has 0 aliphatic carbocycles. The van der Waals surface area contributed by atoms with Gasteiger partial charge in [-0.2, -0.15) is 0 Å². The zero-order valence-electron chi connectivity index (χ0n) is 8.04. The first-order valence-electron chi connectivity index (χ1n) is 4.32. The second-order valence-electron chi connectivity index (χ2n) is 3.10. The minimum Gasteiger partial charge on any atom is -0.489 e. The first kappa shape index (κ1) is 11.8. The number of hydrogen-bond donors (Lipinski definition) is 1. The van der Waals surface area contributed by atoms with Gasteiger partial charge in [-0.3, -0.25) is 4.79 Å². The van der Waals surface area contributed by atoms with E-state index >= 15 is 0 Å². The quantitative estimate of drug-likeness (QED) is 0.868.